The number of esters is 1. The Labute approximate surface area is 161 Å². The zero-order valence-corrected chi connectivity index (χ0v) is 15.8. The highest BCUT2D eigenvalue weighted by molar-refractivity contribution is 5.88. The number of aliphatic hydroxyl groups is 1. The first-order valence-electron chi connectivity index (χ1n) is 9.53. The van der Waals surface area contributed by atoms with E-state index in [2.05, 4.69) is 6.92 Å². The molecule has 0 aliphatic carbocycles. The summed E-state index contributed by atoms with van der Waals surface area (Å²) in [6.45, 7) is 2.47. The second-order valence-electron chi connectivity index (χ2n) is 6.45. The zero-order valence-electron chi connectivity index (χ0n) is 15.8. The lowest BCUT2D eigenvalue weighted by Crippen LogP contribution is -2.17. The summed E-state index contributed by atoms with van der Waals surface area (Å²) in [7, 11) is 0. The minimum Gasteiger partial charge on any atom is -0.491 e. The fourth-order valence-electron chi connectivity index (χ4n) is 2.56. The standard InChI is InChI=1S/C23H28O4/c1-2-3-4-6-9-20(24)18-26-21-15-12-19(13-16-21)14-17-23(25)27-22-10-7-5-8-11-22/h5,7-8,10-17,20,24H,2-4,6,9,18H2,1H3/b17-14+. The van der Waals surface area contributed by atoms with Gasteiger partial charge >= 0.3 is 5.97 Å². The van der Waals surface area contributed by atoms with Crippen LogP contribution in [0, 0.1) is 0 Å². The van der Waals surface area contributed by atoms with Crippen molar-refractivity contribution in [3.05, 3.63) is 66.2 Å². The summed E-state index contributed by atoms with van der Waals surface area (Å²) in [6.07, 6.45) is 8.00. The lowest BCUT2D eigenvalue weighted by molar-refractivity contribution is -0.128. The molecule has 0 radical (unpaired) electrons. The average Bonchev–Trinajstić information content (AvgIpc) is 2.69. The summed E-state index contributed by atoms with van der Waals surface area (Å²) in [5, 5.41) is 9.94. The van der Waals surface area contributed by atoms with Gasteiger partial charge in [0, 0.05) is 6.08 Å². The summed E-state index contributed by atoms with van der Waals surface area (Å²) < 4.78 is 10.8. The minimum atomic E-state index is -0.436. The molecular formula is C23H28O4. The molecule has 0 spiro atoms. The van der Waals surface area contributed by atoms with Crippen molar-refractivity contribution in [1.82, 2.24) is 0 Å². The number of benzene rings is 2. The fraction of sp³-hybridized carbons (Fsp3) is 0.348. The van der Waals surface area contributed by atoms with E-state index in [1.54, 1.807) is 18.2 Å². The van der Waals surface area contributed by atoms with Crippen molar-refractivity contribution < 1.29 is 19.4 Å². The number of carbonyl (C=O) groups is 1. The second-order valence-corrected chi connectivity index (χ2v) is 6.45. The Bertz CT molecular complexity index is 692. The Morgan fingerprint density at radius 3 is 2.44 bits per heavy atom. The molecule has 0 aliphatic rings. The molecule has 2 aromatic rings. The number of para-hydroxylation sites is 1. The van der Waals surface area contributed by atoms with Crippen LogP contribution in [0.1, 0.15) is 44.6 Å². The van der Waals surface area contributed by atoms with Gasteiger partial charge in [0.2, 0.25) is 0 Å². The molecule has 0 bridgehead atoms. The quantitative estimate of drug-likeness (QED) is 0.262. The fourth-order valence-corrected chi connectivity index (χ4v) is 2.56. The van der Waals surface area contributed by atoms with Crippen molar-refractivity contribution in [1.29, 1.82) is 0 Å². The highest BCUT2D eigenvalue weighted by atomic mass is 16.5. The second kappa shape index (κ2) is 11.9. The van der Waals surface area contributed by atoms with Crippen molar-refractivity contribution in [3.63, 3.8) is 0 Å². The lowest BCUT2D eigenvalue weighted by atomic mass is 10.1. The van der Waals surface area contributed by atoms with E-state index in [4.69, 9.17) is 9.47 Å². The summed E-state index contributed by atoms with van der Waals surface area (Å²) in [4.78, 5) is 11.8. The maximum Gasteiger partial charge on any atom is 0.336 e. The molecule has 1 unspecified atom stereocenters. The molecule has 144 valence electrons. The van der Waals surface area contributed by atoms with Gasteiger partial charge in [-0.05, 0) is 42.3 Å². The minimum absolute atomic E-state index is 0.296. The van der Waals surface area contributed by atoms with Crippen molar-refractivity contribution in [2.75, 3.05) is 6.61 Å². The normalized spacial score (nSPS) is 12.1. The SMILES string of the molecule is CCCCCCC(O)COc1ccc(/C=C/C(=O)Oc2ccccc2)cc1. The van der Waals surface area contributed by atoms with Crippen LogP contribution in [0.3, 0.4) is 0 Å². The molecule has 0 heterocycles. The van der Waals surface area contributed by atoms with Gasteiger partial charge < -0.3 is 14.6 Å². The molecule has 1 atom stereocenters. The number of hydrogen-bond donors (Lipinski definition) is 1. The number of unbranched alkanes of at least 4 members (excludes halogenated alkanes) is 3. The highest BCUT2D eigenvalue weighted by Gasteiger charge is 2.05. The van der Waals surface area contributed by atoms with Crippen LogP contribution in [0.25, 0.3) is 6.08 Å². The number of rotatable bonds is 11. The van der Waals surface area contributed by atoms with E-state index in [1.807, 2.05) is 42.5 Å². The molecule has 4 nitrogen and oxygen atoms in total. The summed E-state index contributed by atoms with van der Waals surface area (Å²) in [5.41, 5.74) is 0.868. The Balaban J connectivity index is 1.73. The Hall–Kier alpha value is -2.59. The van der Waals surface area contributed by atoms with Gasteiger partial charge in [-0.15, -0.1) is 0 Å². The first kappa shape index (κ1) is 20.7. The van der Waals surface area contributed by atoms with Gasteiger partial charge in [-0.3, -0.25) is 0 Å². The maximum absolute atomic E-state index is 11.8. The topological polar surface area (TPSA) is 55.8 Å². The molecule has 0 aliphatic heterocycles. The monoisotopic (exact) mass is 368 g/mol. The predicted molar refractivity (Wildman–Crippen MR) is 108 cm³/mol. The molecule has 0 saturated carbocycles. The average molecular weight is 368 g/mol. The van der Waals surface area contributed by atoms with Crippen LogP contribution in [0.2, 0.25) is 0 Å². The third-order valence-corrected chi connectivity index (χ3v) is 4.09. The molecular weight excluding hydrogens is 340 g/mol. The number of aliphatic hydroxyl groups excluding tert-OH is 1. The lowest BCUT2D eigenvalue weighted by Gasteiger charge is -2.12. The van der Waals surface area contributed by atoms with E-state index in [1.165, 1.54) is 18.9 Å². The van der Waals surface area contributed by atoms with Crippen LogP contribution in [0.5, 0.6) is 11.5 Å². The highest BCUT2D eigenvalue weighted by Crippen LogP contribution is 2.15. The summed E-state index contributed by atoms with van der Waals surface area (Å²) in [6, 6.07) is 16.3. The van der Waals surface area contributed by atoms with Gasteiger partial charge in [0.15, 0.2) is 0 Å². The first-order chi connectivity index (χ1) is 13.2. The van der Waals surface area contributed by atoms with E-state index in [0.717, 1.165) is 24.8 Å². The van der Waals surface area contributed by atoms with Crippen LogP contribution in [-0.4, -0.2) is 23.8 Å². The van der Waals surface area contributed by atoms with E-state index in [-0.39, 0.29) is 0 Å². The summed E-state index contributed by atoms with van der Waals surface area (Å²) in [5.74, 6) is 0.795. The van der Waals surface area contributed by atoms with Crippen molar-refractivity contribution >= 4 is 12.0 Å². The van der Waals surface area contributed by atoms with Gasteiger partial charge in [0.25, 0.3) is 0 Å². The summed E-state index contributed by atoms with van der Waals surface area (Å²) >= 11 is 0. The Kier molecular flexibility index (Phi) is 9.14. The Morgan fingerprint density at radius 1 is 1.00 bits per heavy atom. The van der Waals surface area contributed by atoms with Crippen LogP contribution in [0.15, 0.2) is 60.7 Å². The number of carbonyl (C=O) groups excluding carboxylic acids is 1. The zero-order chi connectivity index (χ0) is 19.3. The molecule has 2 rings (SSSR count). The van der Waals surface area contributed by atoms with Gasteiger partial charge in [-0.2, -0.15) is 0 Å². The molecule has 27 heavy (non-hydrogen) atoms. The third kappa shape index (κ3) is 8.56. The van der Waals surface area contributed by atoms with E-state index in [9.17, 15) is 9.90 Å². The predicted octanol–water partition coefficient (Wildman–Crippen LogP) is 5.02. The van der Waals surface area contributed by atoms with Gasteiger partial charge in [0.05, 0.1) is 6.10 Å². The molecule has 1 N–H and O–H groups in total. The van der Waals surface area contributed by atoms with Crippen LogP contribution >= 0.6 is 0 Å². The van der Waals surface area contributed by atoms with Crippen LogP contribution < -0.4 is 9.47 Å². The molecule has 4 heteroatoms. The molecule has 0 amide bonds. The third-order valence-electron chi connectivity index (χ3n) is 4.09. The van der Waals surface area contributed by atoms with Gasteiger partial charge in [-0.25, -0.2) is 4.79 Å². The van der Waals surface area contributed by atoms with E-state index >= 15 is 0 Å². The van der Waals surface area contributed by atoms with Crippen molar-refractivity contribution in [2.45, 2.75) is 45.1 Å². The van der Waals surface area contributed by atoms with Crippen LogP contribution in [0.4, 0.5) is 0 Å². The largest absolute Gasteiger partial charge is 0.491 e. The van der Waals surface area contributed by atoms with Gasteiger partial charge in [-0.1, -0.05) is 62.9 Å². The smallest absolute Gasteiger partial charge is 0.336 e. The first-order valence-corrected chi connectivity index (χ1v) is 9.53. The Morgan fingerprint density at radius 2 is 1.74 bits per heavy atom. The molecule has 0 saturated heterocycles. The molecule has 2 aromatic carbocycles. The van der Waals surface area contributed by atoms with E-state index < -0.39 is 12.1 Å². The van der Waals surface area contributed by atoms with Crippen LogP contribution in [-0.2, 0) is 4.79 Å². The molecule has 0 fully saturated rings. The number of hydrogen-bond acceptors (Lipinski definition) is 4. The van der Waals surface area contributed by atoms with Crippen molar-refractivity contribution in [3.8, 4) is 11.5 Å². The van der Waals surface area contributed by atoms with E-state index in [0.29, 0.717) is 18.1 Å². The van der Waals surface area contributed by atoms with Gasteiger partial charge in [0.1, 0.15) is 18.1 Å². The van der Waals surface area contributed by atoms with Crippen molar-refractivity contribution in [2.24, 2.45) is 0 Å². The molecule has 0 aromatic heterocycles. The number of ether oxygens (including phenoxy) is 2. The maximum atomic E-state index is 11.8.